The number of benzene rings is 2. The van der Waals surface area contributed by atoms with Crippen molar-refractivity contribution in [2.45, 2.75) is 84.5 Å². The predicted molar refractivity (Wildman–Crippen MR) is 123 cm³/mol. The van der Waals surface area contributed by atoms with Crippen molar-refractivity contribution >= 4 is 22.3 Å². The summed E-state index contributed by atoms with van der Waals surface area (Å²) >= 11 is 0. The lowest BCUT2D eigenvalue weighted by atomic mass is 9.83. The number of hydrogen-bond donors (Lipinski definition) is 0. The van der Waals surface area contributed by atoms with Gasteiger partial charge in [-0.2, -0.15) is 0 Å². The molecule has 0 bridgehead atoms. The molecule has 29 heavy (non-hydrogen) atoms. The van der Waals surface area contributed by atoms with E-state index in [1.807, 2.05) is 12.1 Å². The molecule has 0 aliphatic heterocycles. The minimum absolute atomic E-state index is 0.139. The Labute approximate surface area is 176 Å². The van der Waals surface area contributed by atoms with Gasteiger partial charge in [0.1, 0.15) is 5.75 Å². The number of ether oxygens (including phenoxy) is 1. The van der Waals surface area contributed by atoms with E-state index in [4.69, 9.17) is 4.74 Å². The quantitative estimate of drug-likeness (QED) is 0.232. The van der Waals surface area contributed by atoms with Crippen molar-refractivity contribution < 1.29 is 9.53 Å². The average molecular weight is 393 g/mol. The molecule has 0 amide bonds. The second-order valence-corrected chi connectivity index (χ2v) is 8.52. The topological polar surface area (TPSA) is 26.3 Å². The monoisotopic (exact) mass is 392 g/mol. The van der Waals surface area contributed by atoms with Crippen LogP contribution in [-0.4, -0.2) is 5.97 Å². The molecule has 0 fully saturated rings. The Morgan fingerprint density at radius 2 is 1.76 bits per heavy atom. The summed E-state index contributed by atoms with van der Waals surface area (Å²) < 4.78 is 5.48. The third-order valence-electron chi connectivity index (χ3n) is 6.13. The van der Waals surface area contributed by atoms with Crippen LogP contribution in [0.5, 0.6) is 5.75 Å². The summed E-state index contributed by atoms with van der Waals surface area (Å²) in [7, 11) is 0. The fourth-order valence-electron chi connectivity index (χ4n) is 4.26. The van der Waals surface area contributed by atoms with E-state index in [-0.39, 0.29) is 5.97 Å². The van der Waals surface area contributed by atoms with Crippen LogP contribution in [0.25, 0.3) is 16.3 Å². The lowest BCUT2D eigenvalue weighted by Crippen LogP contribution is -2.07. The van der Waals surface area contributed by atoms with Crippen molar-refractivity contribution in [1.29, 1.82) is 0 Å². The van der Waals surface area contributed by atoms with Crippen molar-refractivity contribution in [2.75, 3.05) is 0 Å². The van der Waals surface area contributed by atoms with E-state index in [1.54, 1.807) is 0 Å². The normalized spacial score (nSPS) is 16.6. The van der Waals surface area contributed by atoms with Crippen LogP contribution in [-0.2, 0) is 4.79 Å². The van der Waals surface area contributed by atoms with E-state index in [0.717, 1.165) is 24.1 Å². The number of carbonyl (C=O) groups excluding carboxylic acids is 1. The molecule has 0 N–H and O–H groups in total. The summed E-state index contributed by atoms with van der Waals surface area (Å²) in [6.45, 7) is 4.36. The number of rotatable bonds is 10. The van der Waals surface area contributed by atoms with Crippen LogP contribution < -0.4 is 4.74 Å². The highest BCUT2D eigenvalue weighted by Gasteiger charge is 2.15. The van der Waals surface area contributed by atoms with Crippen LogP contribution in [0.15, 0.2) is 42.5 Å². The molecule has 2 aromatic carbocycles. The highest BCUT2D eigenvalue weighted by atomic mass is 16.5. The van der Waals surface area contributed by atoms with Gasteiger partial charge in [-0.05, 0) is 71.7 Å². The van der Waals surface area contributed by atoms with E-state index in [1.165, 1.54) is 67.9 Å². The van der Waals surface area contributed by atoms with Crippen LogP contribution >= 0.6 is 0 Å². The molecule has 0 radical (unpaired) electrons. The van der Waals surface area contributed by atoms with Gasteiger partial charge in [0.15, 0.2) is 0 Å². The standard InChI is InChI=1S/C27H36O2/c1-3-5-7-8-9-21-11-13-22(14-12-21)23-15-16-25-20-26(18-17-24(25)19-23)29-27(28)10-6-4-2/h13,15-21H,3-12,14H2,1-2H3. The molecule has 0 spiro atoms. The van der Waals surface area contributed by atoms with Crippen LogP contribution in [0.2, 0.25) is 0 Å². The molecule has 0 saturated heterocycles. The van der Waals surface area contributed by atoms with E-state index in [2.05, 4.69) is 44.2 Å². The molecule has 3 rings (SSSR count). The zero-order chi connectivity index (χ0) is 20.5. The molecule has 1 aliphatic rings. The van der Waals surface area contributed by atoms with E-state index >= 15 is 0 Å². The van der Waals surface area contributed by atoms with Crippen LogP contribution in [0, 0.1) is 5.92 Å². The van der Waals surface area contributed by atoms with Crippen LogP contribution in [0.4, 0.5) is 0 Å². The fourth-order valence-corrected chi connectivity index (χ4v) is 4.26. The lowest BCUT2D eigenvalue weighted by Gasteiger charge is -2.22. The molecule has 0 aromatic heterocycles. The fraction of sp³-hybridized carbons (Fsp3) is 0.519. The average Bonchev–Trinajstić information content (AvgIpc) is 2.75. The lowest BCUT2D eigenvalue weighted by molar-refractivity contribution is -0.134. The minimum atomic E-state index is -0.139. The molecular weight excluding hydrogens is 356 g/mol. The number of unbranched alkanes of at least 4 members (excludes halogenated alkanes) is 4. The summed E-state index contributed by atoms with van der Waals surface area (Å²) in [5.74, 6) is 1.38. The van der Waals surface area contributed by atoms with Crippen molar-refractivity contribution in [3.8, 4) is 5.75 Å². The van der Waals surface area contributed by atoms with Crippen molar-refractivity contribution in [2.24, 2.45) is 5.92 Å². The number of allylic oxidation sites excluding steroid dienone is 2. The van der Waals surface area contributed by atoms with Gasteiger partial charge in [-0.25, -0.2) is 0 Å². The van der Waals surface area contributed by atoms with Crippen LogP contribution in [0.3, 0.4) is 0 Å². The summed E-state index contributed by atoms with van der Waals surface area (Å²) in [4.78, 5) is 11.9. The maximum Gasteiger partial charge on any atom is 0.311 e. The summed E-state index contributed by atoms with van der Waals surface area (Å²) in [6, 6.07) is 12.6. The van der Waals surface area contributed by atoms with Gasteiger partial charge in [0.05, 0.1) is 0 Å². The van der Waals surface area contributed by atoms with Gasteiger partial charge in [-0.15, -0.1) is 0 Å². The van der Waals surface area contributed by atoms with Gasteiger partial charge in [0.2, 0.25) is 0 Å². The maximum absolute atomic E-state index is 11.9. The number of esters is 1. The number of fused-ring (bicyclic) bond motifs is 1. The molecule has 1 unspecified atom stereocenters. The van der Waals surface area contributed by atoms with Crippen molar-refractivity contribution in [1.82, 2.24) is 0 Å². The Morgan fingerprint density at radius 3 is 2.52 bits per heavy atom. The smallest absolute Gasteiger partial charge is 0.311 e. The van der Waals surface area contributed by atoms with Crippen LogP contribution in [0.1, 0.15) is 90.0 Å². The molecular formula is C27H36O2. The Bertz CT molecular complexity index is 834. The first-order chi connectivity index (χ1) is 14.2. The molecule has 2 heteroatoms. The van der Waals surface area contributed by atoms with Crippen molar-refractivity contribution in [3.05, 3.63) is 48.0 Å². The van der Waals surface area contributed by atoms with Gasteiger partial charge in [0.25, 0.3) is 0 Å². The highest BCUT2D eigenvalue weighted by Crippen LogP contribution is 2.34. The summed E-state index contributed by atoms with van der Waals surface area (Å²) in [5.41, 5.74) is 2.83. The van der Waals surface area contributed by atoms with Gasteiger partial charge < -0.3 is 4.74 Å². The third-order valence-corrected chi connectivity index (χ3v) is 6.13. The van der Waals surface area contributed by atoms with Gasteiger partial charge in [-0.3, -0.25) is 4.79 Å². The number of hydrogen-bond acceptors (Lipinski definition) is 2. The SMILES string of the molecule is CCCCCCC1CC=C(c2ccc3cc(OC(=O)CCCC)ccc3c2)CC1. The molecule has 0 heterocycles. The van der Waals surface area contributed by atoms with Crippen molar-refractivity contribution in [3.63, 3.8) is 0 Å². The first kappa shape index (κ1) is 21.6. The molecule has 0 saturated carbocycles. The third kappa shape index (κ3) is 6.45. The van der Waals surface area contributed by atoms with E-state index < -0.39 is 0 Å². The maximum atomic E-state index is 11.9. The molecule has 2 nitrogen and oxygen atoms in total. The number of carbonyl (C=O) groups is 1. The first-order valence-electron chi connectivity index (χ1n) is 11.6. The Kier molecular flexibility index (Phi) is 8.34. The highest BCUT2D eigenvalue weighted by molar-refractivity contribution is 5.88. The molecule has 2 aromatic rings. The Balaban J connectivity index is 1.60. The molecule has 1 atom stereocenters. The minimum Gasteiger partial charge on any atom is -0.427 e. The Morgan fingerprint density at radius 1 is 0.966 bits per heavy atom. The van der Waals surface area contributed by atoms with Gasteiger partial charge >= 0.3 is 5.97 Å². The molecule has 1 aliphatic carbocycles. The van der Waals surface area contributed by atoms with Gasteiger partial charge in [-0.1, -0.05) is 76.6 Å². The van der Waals surface area contributed by atoms with Gasteiger partial charge in [0, 0.05) is 6.42 Å². The molecule has 156 valence electrons. The van der Waals surface area contributed by atoms with E-state index in [9.17, 15) is 4.79 Å². The predicted octanol–water partition coefficient (Wildman–Crippen LogP) is 8.09. The second-order valence-electron chi connectivity index (χ2n) is 8.52. The first-order valence-corrected chi connectivity index (χ1v) is 11.6. The largest absolute Gasteiger partial charge is 0.427 e. The zero-order valence-corrected chi connectivity index (χ0v) is 18.2. The Hall–Kier alpha value is -2.09. The second kappa shape index (κ2) is 11.2. The zero-order valence-electron chi connectivity index (χ0n) is 18.2. The van der Waals surface area contributed by atoms with E-state index in [0.29, 0.717) is 12.2 Å². The summed E-state index contributed by atoms with van der Waals surface area (Å²) in [6.07, 6.45) is 15.5. The summed E-state index contributed by atoms with van der Waals surface area (Å²) in [5, 5.41) is 2.33.